The number of aryl methyl sites for hydroxylation is 1. The number of fused-ring (bicyclic) bond motifs is 1. The number of carbonyl (C=O) groups excluding carboxylic acids is 1. The maximum atomic E-state index is 12.8. The Kier molecular flexibility index (Phi) is 5.50. The lowest BCUT2D eigenvalue weighted by Gasteiger charge is -2.13. The smallest absolute Gasteiger partial charge is 0.259 e. The first-order chi connectivity index (χ1) is 14.5. The van der Waals surface area contributed by atoms with Crippen molar-refractivity contribution in [3.05, 3.63) is 105 Å². The Morgan fingerprint density at radius 1 is 1.10 bits per heavy atom. The first-order valence-corrected chi connectivity index (χ1v) is 9.66. The number of ether oxygens (including phenoxy) is 1. The van der Waals surface area contributed by atoms with Crippen molar-refractivity contribution in [3.63, 3.8) is 0 Å². The molecule has 150 valence electrons. The van der Waals surface area contributed by atoms with Crippen LogP contribution in [0.15, 0.2) is 77.7 Å². The van der Waals surface area contributed by atoms with Crippen LogP contribution in [0.2, 0.25) is 5.02 Å². The van der Waals surface area contributed by atoms with Crippen LogP contribution in [0, 0.1) is 6.92 Å². The van der Waals surface area contributed by atoms with Crippen LogP contribution in [0.25, 0.3) is 5.65 Å². The van der Waals surface area contributed by atoms with Gasteiger partial charge in [0.2, 0.25) is 0 Å². The lowest BCUT2D eigenvalue weighted by atomic mass is 10.1. The van der Waals surface area contributed by atoms with Crippen LogP contribution in [0.4, 0.5) is 5.69 Å². The van der Waals surface area contributed by atoms with Gasteiger partial charge in [-0.2, -0.15) is 0 Å². The second-order valence-corrected chi connectivity index (χ2v) is 7.16. The summed E-state index contributed by atoms with van der Waals surface area (Å²) < 4.78 is 7.34. The van der Waals surface area contributed by atoms with Crippen molar-refractivity contribution < 1.29 is 9.53 Å². The zero-order chi connectivity index (χ0) is 21.1. The monoisotopic (exact) mass is 419 g/mol. The van der Waals surface area contributed by atoms with E-state index in [0.29, 0.717) is 33.4 Å². The first-order valence-electron chi connectivity index (χ1n) is 9.28. The molecule has 30 heavy (non-hydrogen) atoms. The quantitative estimate of drug-likeness (QED) is 0.517. The number of carbonyl (C=O) groups is 1. The van der Waals surface area contributed by atoms with E-state index in [1.165, 1.54) is 10.5 Å². The number of aromatic nitrogens is 2. The molecule has 7 heteroatoms. The number of pyridine rings is 1. The van der Waals surface area contributed by atoms with Gasteiger partial charge in [0.05, 0.1) is 11.3 Å². The minimum absolute atomic E-state index is 0.0350. The molecule has 0 saturated carbocycles. The number of halogens is 1. The third-order valence-electron chi connectivity index (χ3n) is 4.53. The molecule has 0 radical (unpaired) electrons. The van der Waals surface area contributed by atoms with E-state index in [2.05, 4.69) is 10.3 Å². The topological polar surface area (TPSA) is 72.7 Å². The molecule has 0 bridgehead atoms. The molecular weight excluding hydrogens is 402 g/mol. The largest absolute Gasteiger partial charge is 0.486 e. The maximum Gasteiger partial charge on any atom is 0.259 e. The summed E-state index contributed by atoms with van der Waals surface area (Å²) in [4.78, 5) is 29.6. The van der Waals surface area contributed by atoms with Gasteiger partial charge in [-0.05, 0) is 48.9 Å². The van der Waals surface area contributed by atoms with Crippen LogP contribution in [0.5, 0.6) is 5.75 Å². The summed E-state index contributed by atoms with van der Waals surface area (Å²) in [7, 11) is 0. The fourth-order valence-electron chi connectivity index (χ4n) is 3.06. The third kappa shape index (κ3) is 4.18. The number of benzene rings is 2. The van der Waals surface area contributed by atoms with Gasteiger partial charge in [-0.1, -0.05) is 35.9 Å². The molecule has 1 N–H and O–H groups in total. The molecule has 0 unspecified atom stereocenters. The first kappa shape index (κ1) is 19.7. The highest BCUT2D eigenvalue weighted by atomic mass is 35.5. The molecule has 0 atom stereocenters. The van der Waals surface area contributed by atoms with Gasteiger partial charge in [-0.3, -0.25) is 14.0 Å². The van der Waals surface area contributed by atoms with E-state index in [0.717, 1.165) is 5.56 Å². The van der Waals surface area contributed by atoms with Crippen molar-refractivity contribution >= 4 is 28.8 Å². The molecular formula is C23H18ClN3O3. The van der Waals surface area contributed by atoms with Crippen molar-refractivity contribution in [1.29, 1.82) is 0 Å². The van der Waals surface area contributed by atoms with Crippen molar-refractivity contribution in [1.82, 2.24) is 9.38 Å². The van der Waals surface area contributed by atoms with Gasteiger partial charge in [-0.15, -0.1) is 0 Å². The minimum Gasteiger partial charge on any atom is -0.486 e. The summed E-state index contributed by atoms with van der Waals surface area (Å²) in [5.74, 6) is 0.000647. The summed E-state index contributed by atoms with van der Waals surface area (Å²) in [5, 5.41) is 3.23. The number of amides is 1. The summed E-state index contributed by atoms with van der Waals surface area (Å²) in [6.45, 7) is 1.92. The number of hydrogen-bond donors (Lipinski definition) is 1. The van der Waals surface area contributed by atoms with Crippen LogP contribution in [0.3, 0.4) is 0 Å². The fraction of sp³-hybridized carbons (Fsp3) is 0.0870. The number of nitrogens with one attached hydrogen (secondary N) is 1. The predicted octanol–water partition coefficient (Wildman–Crippen LogP) is 4.49. The van der Waals surface area contributed by atoms with Crippen LogP contribution in [-0.4, -0.2) is 15.3 Å². The predicted molar refractivity (Wildman–Crippen MR) is 116 cm³/mol. The second-order valence-electron chi connectivity index (χ2n) is 6.72. The molecule has 0 aliphatic heterocycles. The normalized spacial score (nSPS) is 10.7. The molecule has 1 amide bonds. The van der Waals surface area contributed by atoms with Crippen molar-refractivity contribution in [2.24, 2.45) is 0 Å². The number of anilines is 1. The van der Waals surface area contributed by atoms with E-state index in [-0.39, 0.29) is 18.1 Å². The average molecular weight is 420 g/mol. The molecule has 0 aliphatic carbocycles. The highest BCUT2D eigenvalue weighted by Gasteiger charge is 2.15. The highest BCUT2D eigenvalue weighted by Crippen LogP contribution is 2.25. The third-order valence-corrected chi connectivity index (χ3v) is 4.77. The Morgan fingerprint density at radius 3 is 2.70 bits per heavy atom. The van der Waals surface area contributed by atoms with Crippen molar-refractivity contribution in [2.75, 3.05) is 5.32 Å². The molecule has 2 heterocycles. The van der Waals surface area contributed by atoms with Crippen molar-refractivity contribution in [2.45, 2.75) is 13.5 Å². The molecule has 2 aromatic carbocycles. The van der Waals surface area contributed by atoms with Crippen LogP contribution < -0.4 is 15.6 Å². The van der Waals surface area contributed by atoms with Gasteiger partial charge in [-0.25, -0.2) is 4.98 Å². The summed E-state index contributed by atoms with van der Waals surface area (Å²) in [6, 6.07) is 19.0. The zero-order valence-corrected chi connectivity index (χ0v) is 16.9. The van der Waals surface area contributed by atoms with E-state index in [1.807, 2.05) is 31.2 Å². The fourth-order valence-corrected chi connectivity index (χ4v) is 3.23. The Hall–Kier alpha value is -3.64. The molecule has 0 spiro atoms. The van der Waals surface area contributed by atoms with Crippen LogP contribution in [0.1, 0.15) is 21.6 Å². The van der Waals surface area contributed by atoms with Gasteiger partial charge < -0.3 is 10.1 Å². The van der Waals surface area contributed by atoms with Gasteiger partial charge in [0, 0.05) is 23.0 Å². The SMILES string of the molecule is Cc1cccn2c(=O)cc(COc3ccc(Cl)cc3C(=O)Nc3ccccc3)nc12. The Labute approximate surface area is 177 Å². The Bertz CT molecular complexity index is 1290. The zero-order valence-electron chi connectivity index (χ0n) is 16.1. The molecule has 0 saturated heterocycles. The van der Waals surface area contributed by atoms with Crippen molar-refractivity contribution in [3.8, 4) is 5.75 Å². The van der Waals surface area contributed by atoms with Crippen LogP contribution in [-0.2, 0) is 6.61 Å². The molecule has 4 aromatic rings. The summed E-state index contributed by atoms with van der Waals surface area (Å²) in [5.41, 5.74) is 2.68. The summed E-state index contributed by atoms with van der Waals surface area (Å²) in [6.07, 6.45) is 1.67. The molecule has 6 nitrogen and oxygen atoms in total. The highest BCUT2D eigenvalue weighted by molar-refractivity contribution is 6.31. The van der Waals surface area contributed by atoms with E-state index < -0.39 is 0 Å². The maximum absolute atomic E-state index is 12.8. The Morgan fingerprint density at radius 2 is 1.90 bits per heavy atom. The number of rotatable bonds is 5. The van der Waals surface area contributed by atoms with Gasteiger partial charge >= 0.3 is 0 Å². The lowest BCUT2D eigenvalue weighted by Crippen LogP contribution is -2.17. The molecule has 0 fully saturated rings. The molecule has 0 aliphatic rings. The van der Waals surface area contributed by atoms with Gasteiger partial charge in [0.15, 0.2) is 0 Å². The van der Waals surface area contributed by atoms with Gasteiger partial charge in [0.1, 0.15) is 18.0 Å². The molecule has 4 rings (SSSR count). The number of nitrogens with zero attached hydrogens (tertiary/aromatic N) is 2. The average Bonchev–Trinajstić information content (AvgIpc) is 2.74. The lowest BCUT2D eigenvalue weighted by molar-refractivity contribution is 0.102. The number of para-hydroxylation sites is 1. The molecule has 2 aromatic heterocycles. The van der Waals surface area contributed by atoms with E-state index in [9.17, 15) is 9.59 Å². The number of hydrogen-bond acceptors (Lipinski definition) is 4. The van der Waals surface area contributed by atoms with E-state index in [4.69, 9.17) is 16.3 Å². The Balaban J connectivity index is 1.60. The minimum atomic E-state index is -0.346. The van der Waals surface area contributed by atoms with Gasteiger partial charge in [0.25, 0.3) is 11.5 Å². The summed E-state index contributed by atoms with van der Waals surface area (Å²) >= 11 is 6.09. The van der Waals surface area contributed by atoms with Crippen LogP contribution >= 0.6 is 11.6 Å². The second kappa shape index (κ2) is 8.39. The van der Waals surface area contributed by atoms with E-state index in [1.54, 1.807) is 42.6 Å². The van der Waals surface area contributed by atoms with E-state index >= 15 is 0 Å². The standard InChI is InChI=1S/C23H18ClN3O3/c1-15-6-5-11-27-21(28)13-18(25-22(15)27)14-30-20-10-9-16(24)12-19(20)23(29)26-17-7-3-2-4-8-17/h2-13H,14H2,1H3,(H,26,29).